The van der Waals surface area contributed by atoms with Crippen molar-refractivity contribution in [2.24, 2.45) is 0 Å². The molecule has 0 amide bonds. The molecule has 0 saturated carbocycles. The van der Waals surface area contributed by atoms with E-state index in [1.807, 2.05) is 11.4 Å². The molecule has 7 heteroatoms. The topological polar surface area (TPSA) is 70.2 Å². The van der Waals surface area contributed by atoms with E-state index in [9.17, 15) is 4.79 Å². The van der Waals surface area contributed by atoms with Crippen LogP contribution in [0.4, 0.5) is 0 Å². The van der Waals surface area contributed by atoms with Crippen LogP contribution in [0.15, 0.2) is 16.2 Å². The second-order valence-corrected chi connectivity index (χ2v) is 5.00. The zero-order chi connectivity index (χ0) is 12.4. The minimum atomic E-state index is -0.0613. The number of aromatic amines is 1. The molecular weight excluding hydrogens is 252 g/mol. The highest BCUT2D eigenvalue weighted by Gasteiger charge is 2.10. The Kier molecular flexibility index (Phi) is 3.37. The SMILES string of the molecule is O=c1[nH]c(CNN2CCOCC2)nc2ccsc12. The molecule has 1 aliphatic heterocycles. The van der Waals surface area contributed by atoms with Gasteiger partial charge in [0.2, 0.25) is 0 Å². The maximum absolute atomic E-state index is 11.8. The fourth-order valence-electron chi connectivity index (χ4n) is 1.91. The number of rotatable bonds is 3. The number of hydrazine groups is 1. The number of nitrogens with zero attached hydrogens (tertiary/aromatic N) is 2. The van der Waals surface area contributed by atoms with E-state index in [1.165, 1.54) is 11.3 Å². The van der Waals surface area contributed by atoms with Crippen molar-refractivity contribution in [3.8, 4) is 0 Å². The van der Waals surface area contributed by atoms with Crippen molar-refractivity contribution in [1.29, 1.82) is 0 Å². The molecule has 3 rings (SSSR count). The van der Waals surface area contributed by atoms with Crippen molar-refractivity contribution in [3.05, 3.63) is 27.6 Å². The van der Waals surface area contributed by atoms with Gasteiger partial charge >= 0.3 is 0 Å². The molecule has 0 atom stereocenters. The summed E-state index contributed by atoms with van der Waals surface area (Å²) in [7, 11) is 0. The lowest BCUT2D eigenvalue weighted by Gasteiger charge is -2.26. The summed E-state index contributed by atoms with van der Waals surface area (Å²) < 4.78 is 5.95. The van der Waals surface area contributed by atoms with Gasteiger partial charge in [-0.3, -0.25) is 4.79 Å². The van der Waals surface area contributed by atoms with Crippen LogP contribution in [-0.2, 0) is 11.3 Å². The zero-order valence-electron chi connectivity index (χ0n) is 9.81. The van der Waals surface area contributed by atoms with Crippen LogP contribution in [0, 0.1) is 0 Å². The summed E-state index contributed by atoms with van der Waals surface area (Å²) in [5, 5.41) is 3.97. The molecule has 96 valence electrons. The lowest BCUT2D eigenvalue weighted by atomic mass is 10.4. The molecule has 3 heterocycles. The number of hydrogen-bond donors (Lipinski definition) is 2. The van der Waals surface area contributed by atoms with Gasteiger partial charge in [0, 0.05) is 13.1 Å². The smallest absolute Gasteiger partial charge is 0.268 e. The first-order chi connectivity index (χ1) is 8.83. The van der Waals surface area contributed by atoms with Gasteiger partial charge in [-0.05, 0) is 11.4 Å². The molecule has 18 heavy (non-hydrogen) atoms. The van der Waals surface area contributed by atoms with E-state index in [0.717, 1.165) is 31.8 Å². The van der Waals surface area contributed by atoms with E-state index in [4.69, 9.17) is 4.74 Å². The first-order valence-electron chi connectivity index (χ1n) is 5.85. The quantitative estimate of drug-likeness (QED) is 0.837. The maximum atomic E-state index is 11.8. The van der Waals surface area contributed by atoms with E-state index in [1.54, 1.807) is 0 Å². The lowest BCUT2D eigenvalue weighted by molar-refractivity contribution is 0.0101. The summed E-state index contributed by atoms with van der Waals surface area (Å²) >= 11 is 1.42. The van der Waals surface area contributed by atoms with Crippen LogP contribution in [0.2, 0.25) is 0 Å². The van der Waals surface area contributed by atoms with Crippen molar-refractivity contribution in [2.75, 3.05) is 26.3 Å². The van der Waals surface area contributed by atoms with Crippen LogP contribution in [-0.4, -0.2) is 41.3 Å². The van der Waals surface area contributed by atoms with Crippen LogP contribution >= 0.6 is 11.3 Å². The van der Waals surface area contributed by atoms with Crippen molar-refractivity contribution in [2.45, 2.75) is 6.54 Å². The Balaban J connectivity index is 1.72. The van der Waals surface area contributed by atoms with Crippen LogP contribution in [0.25, 0.3) is 10.2 Å². The third kappa shape index (κ3) is 2.44. The van der Waals surface area contributed by atoms with Crippen LogP contribution in [0.1, 0.15) is 5.82 Å². The fraction of sp³-hybridized carbons (Fsp3) is 0.455. The highest BCUT2D eigenvalue weighted by atomic mass is 32.1. The van der Waals surface area contributed by atoms with Crippen molar-refractivity contribution < 1.29 is 4.74 Å². The third-order valence-corrected chi connectivity index (χ3v) is 3.75. The summed E-state index contributed by atoms with van der Waals surface area (Å²) in [5.74, 6) is 0.664. The fourth-order valence-corrected chi connectivity index (χ4v) is 2.64. The van der Waals surface area contributed by atoms with Gasteiger partial charge in [-0.1, -0.05) is 0 Å². The van der Waals surface area contributed by atoms with Gasteiger partial charge in [0.15, 0.2) is 0 Å². The molecule has 2 aromatic rings. The first-order valence-corrected chi connectivity index (χ1v) is 6.73. The van der Waals surface area contributed by atoms with E-state index >= 15 is 0 Å². The van der Waals surface area contributed by atoms with Crippen molar-refractivity contribution >= 4 is 21.6 Å². The molecule has 0 bridgehead atoms. The third-order valence-electron chi connectivity index (χ3n) is 2.85. The molecule has 1 aliphatic rings. The first kappa shape index (κ1) is 11.8. The molecule has 1 saturated heterocycles. The van der Waals surface area contributed by atoms with E-state index in [-0.39, 0.29) is 5.56 Å². The van der Waals surface area contributed by atoms with Gasteiger partial charge in [-0.15, -0.1) is 11.3 Å². The maximum Gasteiger partial charge on any atom is 0.268 e. The van der Waals surface area contributed by atoms with Gasteiger partial charge in [0.05, 0.1) is 25.3 Å². The molecule has 0 aliphatic carbocycles. The Morgan fingerprint density at radius 2 is 2.33 bits per heavy atom. The number of aromatic nitrogens is 2. The minimum absolute atomic E-state index is 0.0613. The average molecular weight is 266 g/mol. The summed E-state index contributed by atoms with van der Waals surface area (Å²) in [4.78, 5) is 19.0. The number of H-pyrrole nitrogens is 1. The molecule has 0 spiro atoms. The molecule has 2 aromatic heterocycles. The molecular formula is C11H14N4O2S. The van der Waals surface area contributed by atoms with Crippen LogP contribution in [0.5, 0.6) is 0 Å². The van der Waals surface area contributed by atoms with Crippen molar-refractivity contribution in [3.63, 3.8) is 0 Å². The lowest BCUT2D eigenvalue weighted by Crippen LogP contribution is -2.45. The Morgan fingerprint density at radius 3 is 3.17 bits per heavy atom. The standard InChI is InChI=1S/C11H14N4O2S/c16-11-10-8(1-6-18-10)13-9(14-11)7-12-15-2-4-17-5-3-15/h1,6,12H,2-5,7H2,(H,13,14,16). The largest absolute Gasteiger partial charge is 0.379 e. The average Bonchev–Trinajstić information content (AvgIpc) is 2.86. The van der Waals surface area contributed by atoms with E-state index in [0.29, 0.717) is 17.1 Å². The predicted molar refractivity (Wildman–Crippen MR) is 69.5 cm³/mol. The summed E-state index contributed by atoms with van der Waals surface area (Å²) in [6, 6.07) is 1.87. The predicted octanol–water partition coefficient (Wildman–Crippen LogP) is 0.321. The Morgan fingerprint density at radius 1 is 1.50 bits per heavy atom. The summed E-state index contributed by atoms with van der Waals surface area (Å²) in [5.41, 5.74) is 3.95. The molecule has 6 nitrogen and oxygen atoms in total. The van der Waals surface area contributed by atoms with Gasteiger partial charge in [-0.2, -0.15) is 0 Å². The van der Waals surface area contributed by atoms with Gasteiger partial charge < -0.3 is 9.72 Å². The highest BCUT2D eigenvalue weighted by Crippen LogP contribution is 2.13. The molecule has 0 radical (unpaired) electrons. The number of morpholine rings is 1. The minimum Gasteiger partial charge on any atom is -0.379 e. The summed E-state index contributed by atoms with van der Waals surface area (Å²) in [6.45, 7) is 3.71. The Labute approximate surface area is 108 Å². The summed E-state index contributed by atoms with van der Waals surface area (Å²) in [6.07, 6.45) is 0. The monoisotopic (exact) mass is 266 g/mol. The molecule has 1 fully saturated rings. The van der Waals surface area contributed by atoms with E-state index in [2.05, 4.69) is 20.4 Å². The molecule has 2 N–H and O–H groups in total. The van der Waals surface area contributed by atoms with Crippen LogP contribution < -0.4 is 11.0 Å². The van der Waals surface area contributed by atoms with Crippen LogP contribution in [0.3, 0.4) is 0 Å². The van der Waals surface area contributed by atoms with Crippen molar-refractivity contribution in [1.82, 2.24) is 20.4 Å². The molecule has 0 unspecified atom stereocenters. The Hall–Kier alpha value is -1.28. The van der Waals surface area contributed by atoms with Gasteiger partial charge in [0.1, 0.15) is 10.5 Å². The number of hydrogen-bond acceptors (Lipinski definition) is 6. The van der Waals surface area contributed by atoms with E-state index < -0.39 is 0 Å². The number of thiophene rings is 1. The Bertz CT molecular complexity index is 588. The number of fused-ring (bicyclic) bond motifs is 1. The van der Waals surface area contributed by atoms with Gasteiger partial charge in [-0.25, -0.2) is 15.4 Å². The highest BCUT2D eigenvalue weighted by molar-refractivity contribution is 7.17. The van der Waals surface area contributed by atoms with Gasteiger partial charge in [0.25, 0.3) is 5.56 Å². The normalized spacial score (nSPS) is 17.3. The number of nitrogens with one attached hydrogen (secondary N) is 2. The zero-order valence-corrected chi connectivity index (χ0v) is 10.6. The second kappa shape index (κ2) is 5.15. The number of ether oxygens (including phenoxy) is 1. The molecule has 0 aromatic carbocycles. The second-order valence-electron chi connectivity index (χ2n) is 4.08.